The standard InChI is InChI=1S/C21H17ClN4/c22-16-11-9-15(10-12-16)13-23-19-8-4-7-18-20(14-24-21(18)19)26-25-17-5-2-1-3-6-17/h1-12,14,23-24H,13H2. The number of nitrogens with one attached hydrogen (secondary N) is 2. The van der Waals surface area contributed by atoms with Crippen molar-refractivity contribution in [1.82, 2.24) is 4.98 Å². The molecule has 4 aromatic rings. The minimum atomic E-state index is 0.718. The molecule has 0 unspecified atom stereocenters. The first kappa shape index (κ1) is 16.4. The first-order valence-corrected chi connectivity index (χ1v) is 8.72. The second-order valence-electron chi connectivity index (χ2n) is 5.92. The highest BCUT2D eigenvalue weighted by atomic mass is 35.5. The quantitative estimate of drug-likeness (QED) is 0.376. The molecule has 0 bridgehead atoms. The van der Waals surface area contributed by atoms with Crippen molar-refractivity contribution in [3.8, 4) is 0 Å². The van der Waals surface area contributed by atoms with Crippen LogP contribution in [0.2, 0.25) is 5.02 Å². The van der Waals surface area contributed by atoms with Crippen LogP contribution in [0.4, 0.5) is 17.1 Å². The SMILES string of the molecule is Clc1ccc(CNc2cccc3c(N=Nc4ccccc4)c[nH]c23)cc1. The van der Waals surface area contributed by atoms with Crippen LogP contribution in [-0.4, -0.2) is 4.98 Å². The van der Waals surface area contributed by atoms with Crippen molar-refractivity contribution in [2.45, 2.75) is 6.54 Å². The summed E-state index contributed by atoms with van der Waals surface area (Å²) in [6, 6.07) is 23.6. The number of halogens is 1. The number of hydrogen-bond donors (Lipinski definition) is 2. The molecule has 1 heterocycles. The maximum absolute atomic E-state index is 5.94. The molecule has 26 heavy (non-hydrogen) atoms. The van der Waals surface area contributed by atoms with E-state index in [0.29, 0.717) is 0 Å². The third-order valence-electron chi connectivity index (χ3n) is 4.12. The van der Waals surface area contributed by atoms with Crippen molar-refractivity contribution in [3.63, 3.8) is 0 Å². The summed E-state index contributed by atoms with van der Waals surface area (Å²) < 4.78 is 0. The molecule has 1 aromatic heterocycles. The lowest BCUT2D eigenvalue weighted by atomic mass is 10.2. The minimum Gasteiger partial charge on any atom is -0.379 e. The van der Waals surface area contributed by atoms with Gasteiger partial charge in [-0.2, -0.15) is 5.11 Å². The molecule has 2 N–H and O–H groups in total. The normalized spacial score (nSPS) is 11.3. The van der Waals surface area contributed by atoms with E-state index < -0.39 is 0 Å². The van der Waals surface area contributed by atoms with Crippen LogP contribution in [-0.2, 0) is 6.54 Å². The van der Waals surface area contributed by atoms with E-state index in [9.17, 15) is 0 Å². The first-order valence-electron chi connectivity index (χ1n) is 8.35. The molecular weight excluding hydrogens is 344 g/mol. The lowest BCUT2D eigenvalue weighted by Gasteiger charge is -2.08. The van der Waals surface area contributed by atoms with Gasteiger partial charge in [0.1, 0.15) is 5.69 Å². The zero-order valence-electron chi connectivity index (χ0n) is 14.0. The predicted molar refractivity (Wildman–Crippen MR) is 108 cm³/mol. The number of aromatic nitrogens is 1. The summed E-state index contributed by atoms with van der Waals surface area (Å²) in [4.78, 5) is 3.30. The number of aromatic amines is 1. The van der Waals surface area contributed by atoms with Crippen LogP contribution in [0.3, 0.4) is 0 Å². The van der Waals surface area contributed by atoms with Crippen molar-refractivity contribution >= 4 is 39.6 Å². The molecule has 0 aliphatic carbocycles. The molecular formula is C21H17ClN4. The number of azo groups is 1. The summed E-state index contributed by atoms with van der Waals surface area (Å²) in [5.41, 5.74) is 4.86. The average molecular weight is 361 g/mol. The highest BCUT2D eigenvalue weighted by molar-refractivity contribution is 6.30. The number of H-pyrrole nitrogens is 1. The van der Waals surface area contributed by atoms with Gasteiger partial charge in [-0.1, -0.05) is 54.1 Å². The number of fused-ring (bicyclic) bond motifs is 1. The predicted octanol–water partition coefficient (Wildman–Crippen LogP) is 6.85. The zero-order valence-corrected chi connectivity index (χ0v) is 14.7. The molecule has 0 saturated heterocycles. The summed E-state index contributed by atoms with van der Waals surface area (Å²) in [6.45, 7) is 0.718. The van der Waals surface area contributed by atoms with Crippen molar-refractivity contribution < 1.29 is 0 Å². The molecule has 0 amide bonds. The Morgan fingerprint density at radius 2 is 1.65 bits per heavy atom. The lowest BCUT2D eigenvalue weighted by Crippen LogP contribution is -1.99. The Hall–Kier alpha value is -3.11. The molecule has 0 fully saturated rings. The number of anilines is 1. The molecule has 0 aliphatic heterocycles. The van der Waals surface area contributed by atoms with Gasteiger partial charge in [-0.15, -0.1) is 5.11 Å². The maximum Gasteiger partial charge on any atom is 0.111 e. The topological polar surface area (TPSA) is 52.5 Å². The van der Waals surface area contributed by atoms with E-state index in [2.05, 4.69) is 20.5 Å². The largest absolute Gasteiger partial charge is 0.379 e. The Labute approximate surface area is 156 Å². The fourth-order valence-electron chi connectivity index (χ4n) is 2.78. The molecule has 4 nitrogen and oxygen atoms in total. The van der Waals surface area contributed by atoms with Crippen LogP contribution in [0.15, 0.2) is 89.2 Å². The molecule has 5 heteroatoms. The van der Waals surface area contributed by atoms with Gasteiger partial charge in [0.05, 0.1) is 16.9 Å². The summed E-state index contributed by atoms with van der Waals surface area (Å²) in [6.07, 6.45) is 1.88. The van der Waals surface area contributed by atoms with Crippen LogP contribution in [0, 0.1) is 0 Å². The van der Waals surface area contributed by atoms with Gasteiger partial charge in [0.15, 0.2) is 0 Å². The van der Waals surface area contributed by atoms with Crippen molar-refractivity contribution in [3.05, 3.63) is 89.6 Å². The molecule has 0 aliphatic rings. The van der Waals surface area contributed by atoms with E-state index in [4.69, 9.17) is 11.6 Å². The van der Waals surface area contributed by atoms with Crippen LogP contribution in [0.1, 0.15) is 5.56 Å². The molecule has 4 rings (SSSR count). The van der Waals surface area contributed by atoms with Crippen molar-refractivity contribution in [2.24, 2.45) is 10.2 Å². The van der Waals surface area contributed by atoms with Gasteiger partial charge < -0.3 is 10.3 Å². The highest BCUT2D eigenvalue weighted by Crippen LogP contribution is 2.32. The second-order valence-corrected chi connectivity index (χ2v) is 6.35. The van der Waals surface area contributed by atoms with Crippen LogP contribution in [0.5, 0.6) is 0 Å². The Bertz CT molecular complexity index is 1040. The lowest BCUT2D eigenvalue weighted by molar-refractivity contribution is 1.15. The van der Waals surface area contributed by atoms with Gasteiger partial charge in [-0.3, -0.25) is 0 Å². The van der Waals surface area contributed by atoms with Gasteiger partial charge in [0.25, 0.3) is 0 Å². The minimum absolute atomic E-state index is 0.718. The van der Waals surface area contributed by atoms with Gasteiger partial charge in [-0.25, -0.2) is 0 Å². The molecule has 3 aromatic carbocycles. The van der Waals surface area contributed by atoms with Gasteiger partial charge in [0, 0.05) is 23.2 Å². The number of rotatable bonds is 5. The monoisotopic (exact) mass is 360 g/mol. The average Bonchev–Trinajstić information content (AvgIpc) is 3.10. The van der Waals surface area contributed by atoms with E-state index >= 15 is 0 Å². The maximum atomic E-state index is 5.94. The summed E-state index contributed by atoms with van der Waals surface area (Å²) in [5.74, 6) is 0. The van der Waals surface area contributed by atoms with Crippen LogP contribution < -0.4 is 5.32 Å². The van der Waals surface area contributed by atoms with E-state index in [1.807, 2.05) is 79.0 Å². The number of benzene rings is 3. The van der Waals surface area contributed by atoms with Gasteiger partial charge in [-0.05, 0) is 35.9 Å². The first-order chi connectivity index (χ1) is 12.8. The van der Waals surface area contributed by atoms with E-state index in [1.54, 1.807) is 0 Å². The van der Waals surface area contributed by atoms with Gasteiger partial charge in [0.2, 0.25) is 0 Å². The number of para-hydroxylation sites is 1. The third kappa shape index (κ3) is 3.60. The fourth-order valence-corrected chi connectivity index (χ4v) is 2.90. The summed E-state index contributed by atoms with van der Waals surface area (Å²) in [7, 11) is 0. The molecule has 0 saturated carbocycles. The Morgan fingerprint density at radius 1 is 0.846 bits per heavy atom. The Morgan fingerprint density at radius 3 is 2.46 bits per heavy atom. The van der Waals surface area contributed by atoms with Crippen LogP contribution in [0.25, 0.3) is 10.9 Å². The van der Waals surface area contributed by atoms with E-state index in [-0.39, 0.29) is 0 Å². The summed E-state index contributed by atoms with van der Waals surface area (Å²) in [5, 5.41) is 13.9. The van der Waals surface area contributed by atoms with E-state index in [0.717, 1.165) is 39.5 Å². The van der Waals surface area contributed by atoms with Gasteiger partial charge >= 0.3 is 0 Å². The Balaban J connectivity index is 1.56. The molecule has 0 atom stereocenters. The smallest absolute Gasteiger partial charge is 0.111 e. The highest BCUT2D eigenvalue weighted by Gasteiger charge is 2.07. The van der Waals surface area contributed by atoms with Crippen molar-refractivity contribution in [1.29, 1.82) is 0 Å². The molecule has 0 spiro atoms. The van der Waals surface area contributed by atoms with Crippen molar-refractivity contribution in [2.75, 3.05) is 5.32 Å². The zero-order chi connectivity index (χ0) is 17.8. The number of nitrogens with zero attached hydrogens (tertiary/aromatic N) is 2. The third-order valence-corrected chi connectivity index (χ3v) is 4.37. The molecule has 128 valence electrons. The van der Waals surface area contributed by atoms with Crippen LogP contribution >= 0.6 is 11.6 Å². The molecule has 0 radical (unpaired) electrons. The Kier molecular flexibility index (Phi) is 4.67. The second kappa shape index (κ2) is 7.42. The fraction of sp³-hybridized carbons (Fsp3) is 0.0476. The van der Waals surface area contributed by atoms with E-state index in [1.165, 1.54) is 5.56 Å². The summed E-state index contributed by atoms with van der Waals surface area (Å²) >= 11 is 5.94. The number of hydrogen-bond acceptors (Lipinski definition) is 3.